The lowest BCUT2D eigenvalue weighted by Gasteiger charge is -2.08. The van der Waals surface area contributed by atoms with Crippen LogP contribution in [-0.4, -0.2) is 22.4 Å². The summed E-state index contributed by atoms with van der Waals surface area (Å²) < 4.78 is 1.05. The zero-order valence-corrected chi connectivity index (χ0v) is 12.3. The number of anilines is 2. The molecule has 1 aromatic carbocycles. The third-order valence-corrected chi connectivity index (χ3v) is 3.86. The van der Waals surface area contributed by atoms with Gasteiger partial charge in [0.2, 0.25) is 0 Å². The summed E-state index contributed by atoms with van der Waals surface area (Å²) in [5, 5.41) is 6.51. The van der Waals surface area contributed by atoms with E-state index >= 15 is 0 Å². The Kier molecular flexibility index (Phi) is 3.79. The molecule has 0 atom stereocenters. The number of carbonyl (C=O) groups is 1. The molecule has 0 aliphatic carbocycles. The molecule has 21 heavy (non-hydrogen) atoms. The first kappa shape index (κ1) is 13.5. The molecule has 5 nitrogen and oxygen atoms in total. The average molecular weight is 298 g/mol. The molecule has 2 N–H and O–H groups in total. The van der Waals surface area contributed by atoms with E-state index < -0.39 is 0 Å². The summed E-state index contributed by atoms with van der Waals surface area (Å²) >= 11 is 1.46. The predicted octanol–water partition coefficient (Wildman–Crippen LogP) is 3.38. The highest BCUT2D eigenvalue weighted by molar-refractivity contribution is 7.22. The topological polar surface area (TPSA) is 66.9 Å². The summed E-state index contributed by atoms with van der Waals surface area (Å²) in [7, 11) is 0. The minimum absolute atomic E-state index is 0.210. The smallest absolute Gasteiger partial charge is 0.261 e. The average Bonchev–Trinajstić information content (AvgIpc) is 2.90. The highest BCUT2D eigenvalue weighted by atomic mass is 32.1. The highest BCUT2D eigenvalue weighted by Gasteiger charge is 2.13. The maximum Gasteiger partial charge on any atom is 0.261 e. The largest absolute Gasteiger partial charge is 0.370 e. The number of carbonyl (C=O) groups excluding carboxylic acids is 1. The summed E-state index contributed by atoms with van der Waals surface area (Å²) in [5.74, 6) is 0.372. The first-order valence-corrected chi connectivity index (χ1v) is 7.45. The number of rotatable bonds is 4. The van der Waals surface area contributed by atoms with Crippen LogP contribution in [0.3, 0.4) is 0 Å². The van der Waals surface area contributed by atoms with Crippen molar-refractivity contribution in [3.63, 3.8) is 0 Å². The third-order valence-electron chi connectivity index (χ3n) is 2.91. The number of thiazole rings is 1. The van der Waals surface area contributed by atoms with Gasteiger partial charge in [-0.2, -0.15) is 0 Å². The van der Waals surface area contributed by atoms with E-state index in [0.29, 0.717) is 23.1 Å². The van der Waals surface area contributed by atoms with E-state index in [1.54, 1.807) is 18.3 Å². The van der Waals surface area contributed by atoms with Gasteiger partial charge in [0.1, 0.15) is 5.82 Å². The minimum atomic E-state index is -0.210. The molecular formula is C15H14N4OS. The van der Waals surface area contributed by atoms with Gasteiger partial charge < -0.3 is 5.32 Å². The van der Waals surface area contributed by atoms with E-state index in [2.05, 4.69) is 20.6 Å². The van der Waals surface area contributed by atoms with Crippen molar-refractivity contribution in [3.05, 3.63) is 48.2 Å². The van der Waals surface area contributed by atoms with E-state index in [0.717, 1.165) is 10.2 Å². The monoisotopic (exact) mass is 298 g/mol. The molecule has 2 heterocycles. The van der Waals surface area contributed by atoms with Crippen LogP contribution in [0.4, 0.5) is 10.9 Å². The molecule has 1 amide bonds. The van der Waals surface area contributed by atoms with Gasteiger partial charge in [-0.25, -0.2) is 9.97 Å². The SMILES string of the molecule is CCNc1ncccc1C(=O)Nc1nc2ccccc2s1. The molecule has 0 aliphatic heterocycles. The maximum absolute atomic E-state index is 12.4. The van der Waals surface area contributed by atoms with Crippen LogP contribution < -0.4 is 10.6 Å². The summed E-state index contributed by atoms with van der Waals surface area (Å²) in [6, 6.07) is 11.3. The van der Waals surface area contributed by atoms with Gasteiger partial charge in [0.25, 0.3) is 5.91 Å². The third kappa shape index (κ3) is 2.85. The Labute approximate surface area is 126 Å². The molecule has 0 bridgehead atoms. The van der Waals surface area contributed by atoms with Crippen molar-refractivity contribution < 1.29 is 4.79 Å². The summed E-state index contributed by atoms with van der Waals surface area (Å²) in [4.78, 5) is 20.9. The van der Waals surface area contributed by atoms with Crippen LogP contribution in [0.1, 0.15) is 17.3 Å². The van der Waals surface area contributed by atoms with E-state index in [4.69, 9.17) is 0 Å². The quantitative estimate of drug-likeness (QED) is 0.775. The molecule has 106 valence electrons. The van der Waals surface area contributed by atoms with E-state index in [9.17, 15) is 4.79 Å². The Bertz CT molecular complexity index is 751. The van der Waals surface area contributed by atoms with Gasteiger partial charge in [-0.1, -0.05) is 23.5 Å². The van der Waals surface area contributed by atoms with E-state index in [-0.39, 0.29) is 5.91 Å². The van der Waals surface area contributed by atoms with Crippen molar-refractivity contribution in [1.29, 1.82) is 0 Å². The van der Waals surface area contributed by atoms with Crippen LogP contribution in [0.2, 0.25) is 0 Å². The molecule has 0 spiro atoms. The lowest BCUT2D eigenvalue weighted by Crippen LogP contribution is -2.15. The van der Waals surface area contributed by atoms with Crippen LogP contribution >= 0.6 is 11.3 Å². The van der Waals surface area contributed by atoms with Crippen LogP contribution in [0, 0.1) is 0 Å². The fraction of sp³-hybridized carbons (Fsp3) is 0.133. The number of hydrogen-bond acceptors (Lipinski definition) is 5. The second-order valence-corrected chi connectivity index (χ2v) is 5.40. The number of hydrogen-bond donors (Lipinski definition) is 2. The molecule has 2 aromatic heterocycles. The Morgan fingerprint density at radius 3 is 2.90 bits per heavy atom. The number of fused-ring (bicyclic) bond motifs is 1. The molecule has 3 rings (SSSR count). The summed E-state index contributed by atoms with van der Waals surface area (Å²) in [6.45, 7) is 2.67. The van der Waals surface area contributed by atoms with Crippen LogP contribution in [0.25, 0.3) is 10.2 Å². The van der Waals surface area contributed by atoms with Crippen molar-refractivity contribution in [2.75, 3.05) is 17.2 Å². The molecule has 0 saturated carbocycles. The molecule has 0 aliphatic rings. The number of benzene rings is 1. The second kappa shape index (κ2) is 5.88. The zero-order chi connectivity index (χ0) is 14.7. The lowest BCUT2D eigenvalue weighted by atomic mass is 10.2. The maximum atomic E-state index is 12.4. The molecule has 0 saturated heterocycles. The van der Waals surface area contributed by atoms with Crippen molar-refractivity contribution in [1.82, 2.24) is 9.97 Å². The first-order chi connectivity index (χ1) is 10.3. The van der Waals surface area contributed by atoms with Crippen molar-refractivity contribution in [3.8, 4) is 0 Å². The summed E-state index contributed by atoms with van der Waals surface area (Å²) in [5.41, 5.74) is 1.40. The number of nitrogens with one attached hydrogen (secondary N) is 2. The van der Waals surface area contributed by atoms with Crippen LogP contribution in [-0.2, 0) is 0 Å². The molecule has 0 radical (unpaired) electrons. The molecule has 0 fully saturated rings. The normalized spacial score (nSPS) is 10.5. The van der Waals surface area contributed by atoms with Gasteiger partial charge in [0, 0.05) is 12.7 Å². The number of amides is 1. The Hall–Kier alpha value is -2.47. The molecule has 6 heteroatoms. The van der Waals surface area contributed by atoms with Gasteiger partial charge in [0.15, 0.2) is 5.13 Å². The minimum Gasteiger partial charge on any atom is -0.370 e. The first-order valence-electron chi connectivity index (χ1n) is 6.63. The van der Waals surface area contributed by atoms with Crippen molar-refractivity contribution in [2.24, 2.45) is 0 Å². The Morgan fingerprint density at radius 2 is 2.10 bits per heavy atom. The summed E-state index contributed by atoms with van der Waals surface area (Å²) in [6.07, 6.45) is 1.66. The highest BCUT2D eigenvalue weighted by Crippen LogP contribution is 2.26. The number of nitrogens with zero attached hydrogens (tertiary/aromatic N) is 2. The second-order valence-electron chi connectivity index (χ2n) is 4.37. The van der Waals surface area contributed by atoms with E-state index in [1.165, 1.54) is 11.3 Å². The molecule has 3 aromatic rings. The fourth-order valence-corrected chi connectivity index (χ4v) is 2.85. The predicted molar refractivity (Wildman–Crippen MR) is 86.0 cm³/mol. The Balaban J connectivity index is 1.86. The lowest BCUT2D eigenvalue weighted by molar-refractivity contribution is 0.102. The number of para-hydroxylation sites is 1. The number of pyridine rings is 1. The van der Waals surface area contributed by atoms with E-state index in [1.807, 2.05) is 31.2 Å². The van der Waals surface area contributed by atoms with Crippen LogP contribution in [0.5, 0.6) is 0 Å². The zero-order valence-electron chi connectivity index (χ0n) is 11.5. The fourth-order valence-electron chi connectivity index (χ4n) is 1.99. The Morgan fingerprint density at radius 1 is 1.24 bits per heavy atom. The van der Waals surface area contributed by atoms with Gasteiger partial charge in [-0.05, 0) is 31.2 Å². The van der Waals surface area contributed by atoms with Crippen molar-refractivity contribution in [2.45, 2.75) is 6.92 Å². The standard InChI is InChI=1S/C15H14N4OS/c1-2-16-13-10(6-5-9-17-13)14(20)19-15-18-11-7-3-4-8-12(11)21-15/h3-9H,2H2,1H3,(H,16,17)(H,18,19,20). The van der Waals surface area contributed by atoms with Gasteiger partial charge in [-0.15, -0.1) is 0 Å². The molecular weight excluding hydrogens is 284 g/mol. The van der Waals surface area contributed by atoms with Gasteiger partial charge >= 0.3 is 0 Å². The van der Waals surface area contributed by atoms with Gasteiger partial charge in [-0.3, -0.25) is 10.1 Å². The van der Waals surface area contributed by atoms with Gasteiger partial charge in [0.05, 0.1) is 15.8 Å². The number of aromatic nitrogens is 2. The van der Waals surface area contributed by atoms with Crippen LogP contribution in [0.15, 0.2) is 42.6 Å². The molecule has 0 unspecified atom stereocenters. The van der Waals surface area contributed by atoms with Crippen molar-refractivity contribution >= 4 is 38.4 Å².